The van der Waals surface area contributed by atoms with E-state index >= 15 is 0 Å². The molecule has 2 rings (SSSR count). The molecule has 0 spiro atoms. The fourth-order valence-electron chi connectivity index (χ4n) is 2.89. The standard InChI is InChI=1S/C14H26N2O/c1-13(2)5-4-9-16(10-8-13)12(17)11-14(15)6-3-7-14/h3-11,15H2,1-2H3. The molecule has 3 heteroatoms. The summed E-state index contributed by atoms with van der Waals surface area (Å²) in [6.07, 6.45) is 7.29. The van der Waals surface area contributed by atoms with E-state index in [0.29, 0.717) is 11.8 Å². The van der Waals surface area contributed by atoms with Crippen molar-refractivity contribution in [3.63, 3.8) is 0 Å². The van der Waals surface area contributed by atoms with Crippen LogP contribution in [-0.2, 0) is 4.79 Å². The molecule has 1 amide bonds. The summed E-state index contributed by atoms with van der Waals surface area (Å²) < 4.78 is 0. The van der Waals surface area contributed by atoms with E-state index in [1.54, 1.807) is 0 Å². The smallest absolute Gasteiger partial charge is 0.224 e. The van der Waals surface area contributed by atoms with Crippen LogP contribution in [0.2, 0.25) is 0 Å². The van der Waals surface area contributed by atoms with Crippen LogP contribution in [0.25, 0.3) is 0 Å². The average Bonchev–Trinajstić information content (AvgIpc) is 2.37. The molecule has 1 aliphatic heterocycles. The molecule has 0 unspecified atom stereocenters. The molecule has 1 saturated heterocycles. The second-order valence-corrected chi connectivity index (χ2v) is 6.79. The molecule has 3 nitrogen and oxygen atoms in total. The van der Waals surface area contributed by atoms with Crippen LogP contribution in [0.4, 0.5) is 0 Å². The predicted molar refractivity (Wildman–Crippen MR) is 69.6 cm³/mol. The Morgan fingerprint density at radius 3 is 2.41 bits per heavy atom. The highest BCUT2D eigenvalue weighted by Crippen LogP contribution is 2.34. The van der Waals surface area contributed by atoms with Gasteiger partial charge in [0.25, 0.3) is 0 Å². The number of carbonyl (C=O) groups is 1. The third kappa shape index (κ3) is 3.21. The van der Waals surface area contributed by atoms with Crippen molar-refractivity contribution in [2.75, 3.05) is 13.1 Å². The van der Waals surface area contributed by atoms with Gasteiger partial charge >= 0.3 is 0 Å². The molecule has 0 radical (unpaired) electrons. The number of likely N-dealkylation sites (tertiary alicyclic amines) is 1. The Balaban J connectivity index is 1.87. The maximum absolute atomic E-state index is 12.2. The van der Waals surface area contributed by atoms with Gasteiger partial charge in [-0.15, -0.1) is 0 Å². The normalized spacial score (nSPS) is 27.1. The van der Waals surface area contributed by atoms with Crippen LogP contribution in [0.5, 0.6) is 0 Å². The summed E-state index contributed by atoms with van der Waals surface area (Å²) in [5, 5.41) is 0. The molecule has 0 atom stereocenters. The Kier molecular flexibility index (Phi) is 3.48. The van der Waals surface area contributed by atoms with E-state index in [4.69, 9.17) is 5.73 Å². The lowest BCUT2D eigenvalue weighted by Crippen LogP contribution is -2.50. The van der Waals surface area contributed by atoms with E-state index in [2.05, 4.69) is 13.8 Å². The van der Waals surface area contributed by atoms with E-state index in [1.165, 1.54) is 12.8 Å². The molecule has 98 valence electrons. The van der Waals surface area contributed by atoms with E-state index < -0.39 is 0 Å². The second-order valence-electron chi connectivity index (χ2n) is 6.79. The molecule has 1 saturated carbocycles. The average molecular weight is 238 g/mol. The Hall–Kier alpha value is -0.570. The van der Waals surface area contributed by atoms with Gasteiger partial charge in [0.05, 0.1) is 0 Å². The summed E-state index contributed by atoms with van der Waals surface area (Å²) in [6.45, 7) is 6.45. The first kappa shape index (κ1) is 12.9. The number of rotatable bonds is 2. The van der Waals surface area contributed by atoms with Gasteiger partial charge in [-0.1, -0.05) is 13.8 Å². The van der Waals surface area contributed by atoms with Gasteiger partial charge in [0, 0.05) is 25.0 Å². The fraction of sp³-hybridized carbons (Fsp3) is 0.929. The Labute approximate surface area is 105 Å². The number of hydrogen-bond acceptors (Lipinski definition) is 2. The highest BCUT2D eigenvalue weighted by molar-refractivity contribution is 5.77. The number of carbonyl (C=O) groups excluding carboxylic acids is 1. The summed E-state index contributed by atoms with van der Waals surface area (Å²) in [6, 6.07) is 0. The van der Waals surface area contributed by atoms with Crippen LogP contribution in [0.15, 0.2) is 0 Å². The third-order valence-electron chi connectivity index (χ3n) is 4.55. The summed E-state index contributed by atoms with van der Waals surface area (Å²) in [5.74, 6) is 0.282. The van der Waals surface area contributed by atoms with Gasteiger partial charge in [-0.3, -0.25) is 4.79 Å². The van der Waals surface area contributed by atoms with Crippen molar-refractivity contribution in [2.24, 2.45) is 11.1 Å². The van der Waals surface area contributed by atoms with E-state index in [9.17, 15) is 4.79 Å². The second kappa shape index (κ2) is 4.60. The molecular weight excluding hydrogens is 212 g/mol. The minimum Gasteiger partial charge on any atom is -0.343 e. The molecule has 17 heavy (non-hydrogen) atoms. The largest absolute Gasteiger partial charge is 0.343 e. The van der Waals surface area contributed by atoms with Crippen LogP contribution in [-0.4, -0.2) is 29.4 Å². The molecule has 2 fully saturated rings. The fourth-order valence-corrected chi connectivity index (χ4v) is 2.89. The zero-order chi connectivity index (χ0) is 12.5. The van der Waals surface area contributed by atoms with Crippen LogP contribution < -0.4 is 5.73 Å². The topological polar surface area (TPSA) is 46.3 Å². The molecule has 1 aliphatic carbocycles. The SMILES string of the molecule is CC1(C)CCCN(C(=O)CC2(N)CCC2)CC1. The van der Waals surface area contributed by atoms with Gasteiger partial charge in [-0.2, -0.15) is 0 Å². The Bertz CT molecular complexity index is 295. The van der Waals surface area contributed by atoms with Gasteiger partial charge in [0.2, 0.25) is 5.91 Å². The van der Waals surface area contributed by atoms with Crippen LogP contribution in [0, 0.1) is 5.41 Å². The maximum atomic E-state index is 12.2. The van der Waals surface area contributed by atoms with Crippen molar-refractivity contribution in [3.05, 3.63) is 0 Å². The highest BCUT2D eigenvalue weighted by Gasteiger charge is 2.36. The molecule has 2 N–H and O–H groups in total. The van der Waals surface area contributed by atoms with Gasteiger partial charge in [0.15, 0.2) is 0 Å². The van der Waals surface area contributed by atoms with Crippen molar-refractivity contribution in [3.8, 4) is 0 Å². The van der Waals surface area contributed by atoms with Crippen molar-refractivity contribution >= 4 is 5.91 Å². The van der Waals surface area contributed by atoms with Crippen molar-refractivity contribution in [1.29, 1.82) is 0 Å². The molecule has 0 aromatic rings. The first-order valence-electron chi connectivity index (χ1n) is 6.97. The van der Waals surface area contributed by atoms with Gasteiger partial charge in [-0.25, -0.2) is 0 Å². The summed E-state index contributed by atoms with van der Waals surface area (Å²) >= 11 is 0. The number of nitrogens with zero attached hydrogens (tertiary/aromatic N) is 1. The monoisotopic (exact) mass is 238 g/mol. The molecule has 0 aromatic heterocycles. The lowest BCUT2D eigenvalue weighted by molar-refractivity contribution is -0.133. The van der Waals surface area contributed by atoms with E-state index in [-0.39, 0.29) is 11.4 Å². The van der Waals surface area contributed by atoms with Gasteiger partial charge < -0.3 is 10.6 Å². The Morgan fingerprint density at radius 1 is 1.12 bits per heavy atom. The minimum absolute atomic E-state index is 0.168. The summed E-state index contributed by atoms with van der Waals surface area (Å²) in [4.78, 5) is 14.3. The maximum Gasteiger partial charge on any atom is 0.224 e. The number of nitrogens with two attached hydrogens (primary N) is 1. The summed E-state index contributed by atoms with van der Waals surface area (Å²) in [5.41, 5.74) is 6.38. The molecule has 1 heterocycles. The van der Waals surface area contributed by atoms with Crippen molar-refractivity contribution < 1.29 is 4.79 Å². The molecular formula is C14H26N2O. The van der Waals surface area contributed by atoms with Crippen molar-refractivity contribution in [1.82, 2.24) is 4.90 Å². The van der Waals surface area contributed by atoms with E-state index in [1.807, 2.05) is 4.90 Å². The quantitative estimate of drug-likeness (QED) is 0.802. The zero-order valence-electron chi connectivity index (χ0n) is 11.3. The summed E-state index contributed by atoms with van der Waals surface area (Å²) in [7, 11) is 0. The van der Waals surface area contributed by atoms with Crippen LogP contribution in [0.1, 0.15) is 58.8 Å². The lowest BCUT2D eigenvalue weighted by Gasteiger charge is -2.39. The van der Waals surface area contributed by atoms with Crippen LogP contribution in [0.3, 0.4) is 0 Å². The number of hydrogen-bond donors (Lipinski definition) is 1. The molecule has 2 aliphatic rings. The predicted octanol–water partition coefficient (Wildman–Crippen LogP) is 2.30. The zero-order valence-corrected chi connectivity index (χ0v) is 11.3. The van der Waals surface area contributed by atoms with E-state index in [0.717, 1.165) is 38.8 Å². The van der Waals surface area contributed by atoms with Crippen LogP contribution >= 0.6 is 0 Å². The van der Waals surface area contributed by atoms with Gasteiger partial charge in [-0.05, 0) is 43.9 Å². The minimum atomic E-state index is -0.168. The highest BCUT2D eigenvalue weighted by atomic mass is 16.2. The van der Waals surface area contributed by atoms with Gasteiger partial charge in [0.1, 0.15) is 0 Å². The molecule has 0 aromatic carbocycles. The third-order valence-corrected chi connectivity index (χ3v) is 4.55. The lowest BCUT2D eigenvalue weighted by atomic mass is 9.75. The first-order valence-corrected chi connectivity index (χ1v) is 6.97. The van der Waals surface area contributed by atoms with Crippen molar-refractivity contribution in [2.45, 2.75) is 64.3 Å². The number of amides is 1. The molecule has 0 bridgehead atoms. The first-order chi connectivity index (χ1) is 7.90. The Morgan fingerprint density at radius 2 is 1.82 bits per heavy atom.